The van der Waals surface area contributed by atoms with Gasteiger partial charge in [0, 0.05) is 18.9 Å². The lowest BCUT2D eigenvalue weighted by atomic mass is 9.93. The summed E-state index contributed by atoms with van der Waals surface area (Å²) in [5.41, 5.74) is 0.438. The maximum absolute atomic E-state index is 12.7. The van der Waals surface area contributed by atoms with Crippen molar-refractivity contribution in [3.8, 4) is 11.8 Å². The molecule has 1 aliphatic heterocycles. The number of aryl methyl sites for hydroxylation is 1. The van der Waals surface area contributed by atoms with E-state index in [1.807, 2.05) is 31.2 Å². The Balaban J connectivity index is 1.63. The highest BCUT2D eigenvalue weighted by Crippen LogP contribution is 2.24. The van der Waals surface area contributed by atoms with Gasteiger partial charge < -0.3 is 19.5 Å². The van der Waals surface area contributed by atoms with Crippen LogP contribution in [-0.2, 0) is 0 Å². The van der Waals surface area contributed by atoms with Gasteiger partial charge in [0.25, 0.3) is 5.91 Å². The van der Waals surface area contributed by atoms with Crippen molar-refractivity contribution in [2.45, 2.75) is 25.4 Å². The van der Waals surface area contributed by atoms with Gasteiger partial charge in [0.15, 0.2) is 0 Å². The minimum absolute atomic E-state index is 0.138. The lowest BCUT2D eigenvalue weighted by Crippen LogP contribution is -2.53. The Labute approximate surface area is 152 Å². The van der Waals surface area contributed by atoms with Crippen LogP contribution < -0.4 is 9.47 Å². The van der Waals surface area contributed by atoms with Crippen molar-refractivity contribution in [3.05, 3.63) is 47.8 Å². The second kappa shape index (κ2) is 7.70. The summed E-state index contributed by atoms with van der Waals surface area (Å²) < 4.78 is 10.6. The zero-order chi connectivity index (χ0) is 18.6. The van der Waals surface area contributed by atoms with Crippen LogP contribution in [-0.4, -0.2) is 58.3 Å². The van der Waals surface area contributed by atoms with E-state index in [1.165, 1.54) is 19.5 Å². The van der Waals surface area contributed by atoms with Gasteiger partial charge in [-0.2, -0.15) is 0 Å². The monoisotopic (exact) mass is 357 g/mol. The van der Waals surface area contributed by atoms with Crippen LogP contribution >= 0.6 is 0 Å². The minimum Gasteiger partial charge on any atom is -0.491 e. The molecule has 7 nitrogen and oxygen atoms in total. The third-order valence-electron chi connectivity index (χ3n) is 4.43. The number of nitrogens with zero attached hydrogens (tertiary/aromatic N) is 3. The fraction of sp³-hybridized carbons (Fsp3) is 0.421. The van der Waals surface area contributed by atoms with E-state index in [9.17, 15) is 9.90 Å². The Morgan fingerprint density at radius 1 is 1.27 bits per heavy atom. The molecule has 0 bridgehead atoms. The second-order valence-electron chi connectivity index (χ2n) is 6.61. The first-order valence-corrected chi connectivity index (χ1v) is 8.56. The molecule has 3 rings (SSSR count). The Hall–Kier alpha value is -2.67. The maximum atomic E-state index is 12.7. The van der Waals surface area contributed by atoms with Gasteiger partial charge >= 0.3 is 6.01 Å². The topological polar surface area (TPSA) is 84.8 Å². The van der Waals surface area contributed by atoms with Gasteiger partial charge in [0.1, 0.15) is 18.0 Å². The lowest BCUT2D eigenvalue weighted by molar-refractivity contribution is -0.0532. The largest absolute Gasteiger partial charge is 0.491 e. The average Bonchev–Trinajstić information content (AvgIpc) is 2.67. The standard InChI is InChI=1S/C19H23N3O4/c1-14-4-6-16(7-5-14)26-13-19(24)8-3-9-22(12-19)17(23)15-10-20-18(25-2)21-11-15/h4-7,10-11,24H,3,8-9,12-13H2,1-2H3/t19-/m1/s1. The van der Waals surface area contributed by atoms with Gasteiger partial charge in [0.05, 0.1) is 19.2 Å². The van der Waals surface area contributed by atoms with Crippen LogP contribution in [0.4, 0.5) is 0 Å². The molecule has 2 heterocycles. The minimum atomic E-state index is -1.08. The Kier molecular flexibility index (Phi) is 5.37. The van der Waals surface area contributed by atoms with Crippen LogP contribution in [0.3, 0.4) is 0 Å². The lowest BCUT2D eigenvalue weighted by Gasteiger charge is -2.38. The maximum Gasteiger partial charge on any atom is 0.316 e. The molecule has 2 aromatic rings. The fourth-order valence-electron chi connectivity index (χ4n) is 2.97. The SMILES string of the molecule is COc1ncc(C(=O)N2CCC[C@](O)(COc3ccc(C)cc3)C2)cn1. The number of aliphatic hydroxyl groups is 1. The van der Waals surface area contributed by atoms with Crippen molar-refractivity contribution in [1.29, 1.82) is 0 Å². The number of carbonyl (C=O) groups is 1. The van der Waals surface area contributed by atoms with E-state index in [0.29, 0.717) is 30.7 Å². The molecule has 1 amide bonds. The molecule has 1 fully saturated rings. The number of hydrogen-bond donors (Lipinski definition) is 1. The molecule has 1 aromatic carbocycles. The van der Waals surface area contributed by atoms with Crippen molar-refractivity contribution < 1.29 is 19.4 Å². The van der Waals surface area contributed by atoms with Crippen LogP contribution in [0.15, 0.2) is 36.7 Å². The highest BCUT2D eigenvalue weighted by molar-refractivity contribution is 5.93. The Bertz CT molecular complexity index is 748. The van der Waals surface area contributed by atoms with Crippen molar-refractivity contribution in [1.82, 2.24) is 14.9 Å². The van der Waals surface area contributed by atoms with E-state index in [1.54, 1.807) is 4.90 Å². The number of hydrogen-bond acceptors (Lipinski definition) is 6. The van der Waals surface area contributed by atoms with Crippen molar-refractivity contribution in [2.24, 2.45) is 0 Å². The number of likely N-dealkylation sites (tertiary alicyclic amines) is 1. The van der Waals surface area contributed by atoms with Crippen LogP contribution in [0.1, 0.15) is 28.8 Å². The van der Waals surface area contributed by atoms with Gasteiger partial charge in [-0.05, 0) is 31.9 Å². The van der Waals surface area contributed by atoms with Crippen LogP contribution in [0, 0.1) is 6.92 Å². The molecule has 0 aliphatic carbocycles. The van der Waals surface area contributed by atoms with Crippen molar-refractivity contribution >= 4 is 5.91 Å². The zero-order valence-electron chi connectivity index (χ0n) is 15.0. The van der Waals surface area contributed by atoms with E-state index in [2.05, 4.69) is 9.97 Å². The number of ether oxygens (including phenoxy) is 2. The predicted molar refractivity (Wildman–Crippen MR) is 95.3 cm³/mol. The summed E-state index contributed by atoms with van der Waals surface area (Å²) in [6, 6.07) is 7.88. The molecule has 138 valence electrons. The molecule has 0 radical (unpaired) electrons. The number of benzene rings is 1. The number of β-amino-alcohol motifs (C(OH)–C–C–N with tert-alkyl or cyclic N) is 1. The number of methoxy groups -OCH3 is 1. The van der Waals surface area contributed by atoms with E-state index in [0.717, 1.165) is 5.56 Å². The van der Waals surface area contributed by atoms with E-state index < -0.39 is 5.60 Å². The molecule has 1 N–H and O–H groups in total. The van der Waals surface area contributed by atoms with E-state index in [-0.39, 0.29) is 25.1 Å². The second-order valence-corrected chi connectivity index (χ2v) is 6.61. The predicted octanol–water partition coefficient (Wildman–Crippen LogP) is 1.84. The third kappa shape index (κ3) is 4.29. The summed E-state index contributed by atoms with van der Waals surface area (Å²) in [5.74, 6) is 0.497. The third-order valence-corrected chi connectivity index (χ3v) is 4.43. The molecule has 1 aliphatic rings. The highest BCUT2D eigenvalue weighted by Gasteiger charge is 2.36. The summed E-state index contributed by atoms with van der Waals surface area (Å²) in [6.07, 6.45) is 4.16. The van der Waals surface area contributed by atoms with Crippen LogP contribution in [0.5, 0.6) is 11.8 Å². The van der Waals surface area contributed by atoms with Crippen LogP contribution in [0.2, 0.25) is 0 Å². The highest BCUT2D eigenvalue weighted by atomic mass is 16.5. The smallest absolute Gasteiger partial charge is 0.316 e. The molecule has 0 unspecified atom stereocenters. The van der Waals surface area contributed by atoms with E-state index in [4.69, 9.17) is 9.47 Å². The van der Waals surface area contributed by atoms with Crippen molar-refractivity contribution in [2.75, 3.05) is 26.8 Å². The molecule has 26 heavy (non-hydrogen) atoms. The van der Waals surface area contributed by atoms with Crippen LogP contribution in [0.25, 0.3) is 0 Å². The molecule has 1 aromatic heterocycles. The Morgan fingerprint density at radius 3 is 2.62 bits per heavy atom. The Morgan fingerprint density at radius 2 is 1.96 bits per heavy atom. The summed E-state index contributed by atoms with van der Waals surface area (Å²) in [5, 5.41) is 10.9. The molecular weight excluding hydrogens is 334 g/mol. The molecule has 1 atom stereocenters. The molecule has 1 saturated heterocycles. The first kappa shape index (κ1) is 18.1. The number of piperidine rings is 1. The van der Waals surface area contributed by atoms with Crippen molar-refractivity contribution in [3.63, 3.8) is 0 Å². The molecule has 0 saturated carbocycles. The van der Waals surface area contributed by atoms with Gasteiger partial charge in [-0.3, -0.25) is 4.79 Å². The first-order valence-electron chi connectivity index (χ1n) is 8.56. The van der Waals surface area contributed by atoms with Gasteiger partial charge in [-0.1, -0.05) is 17.7 Å². The first-order chi connectivity index (χ1) is 12.5. The summed E-state index contributed by atoms with van der Waals surface area (Å²) in [4.78, 5) is 22.2. The quantitative estimate of drug-likeness (QED) is 0.879. The van der Waals surface area contributed by atoms with Gasteiger partial charge in [-0.25, -0.2) is 9.97 Å². The normalized spacial score (nSPS) is 19.9. The summed E-state index contributed by atoms with van der Waals surface area (Å²) in [6.45, 7) is 2.94. The number of amides is 1. The number of rotatable bonds is 5. The van der Waals surface area contributed by atoms with E-state index >= 15 is 0 Å². The molecule has 7 heteroatoms. The molecule has 0 spiro atoms. The zero-order valence-corrected chi connectivity index (χ0v) is 15.0. The summed E-state index contributed by atoms with van der Waals surface area (Å²) >= 11 is 0. The average molecular weight is 357 g/mol. The molecular formula is C19H23N3O4. The van der Waals surface area contributed by atoms with Gasteiger partial charge in [-0.15, -0.1) is 0 Å². The number of aromatic nitrogens is 2. The van der Waals surface area contributed by atoms with Gasteiger partial charge in [0.2, 0.25) is 0 Å². The number of carbonyl (C=O) groups excluding carboxylic acids is 1. The summed E-state index contributed by atoms with van der Waals surface area (Å²) in [7, 11) is 1.47. The fourth-order valence-corrected chi connectivity index (χ4v) is 2.97.